The molecule has 0 saturated carbocycles. The molecule has 0 radical (unpaired) electrons. The van der Waals surface area contributed by atoms with Crippen molar-refractivity contribution in [3.63, 3.8) is 0 Å². The Labute approximate surface area is 110 Å². The van der Waals surface area contributed by atoms with Gasteiger partial charge in [-0.25, -0.2) is 0 Å². The van der Waals surface area contributed by atoms with E-state index < -0.39 is 6.04 Å². The molecule has 2 unspecified atom stereocenters. The second kappa shape index (κ2) is 6.77. The first kappa shape index (κ1) is 14.2. The minimum Gasteiger partial charge on any atom is -0.460 e. The zero-order chi connectivity index (χ0) is 12.8. The van der Waals surface area contributed by atoms with Gasteiger partial charge in [0.05, 0.1) is 0 Å². The molecule has 3 nitrogen and oxygen atoms in total. The zero-order valence-electron chi connectivity index (χ0n) is 10.2. The number of hydrogen-bond acceptors (Lipinski definition) is 3. The predicted octanol–water partition coefficient (Wildman–Crippen LogP) is 2.87. The van der Waals surface area contributed by atoms with Gasteiger partial charge in [0, 0.05) is 4.47 Å². The zero-order valence-corrected chi connectivity index (χ0v) is 11.7. The van der Waals surface area contributed by atoms with E-state index in [0.717, 1.165) is 16.5 Å². The van der Waals surface area contributed by atoms with Gasteiger partial charge >= 0.3 is 5.97 Å². The van der Waals surface area contributed by atoms with Crippen molar-refractivity contribution in [2.45, 2.75) is 32.9 Å². The van der Waals surface area contributed by atoms with E-state index in [9.17, 15) is 4.79 Å². The molecule has 0 bridgehead atoms. The van der Waals surface area contributed by atoms with Crippen molar-refractivity contribution >= 4 is 21.9 Å². The average molecular weight is 300 g/mol. The number of halogens is 1. The highest BCUT2D eigenvalue weighted by molar-refractivity contribution is 9.10. The van der Waals surface area contributed by atoms with Gasteiger partial charge in [-0.3, -0.25) is 4.79 Å². The first-order chi connectivity index (χ1) is 8.04. The number of rotatable bonds is 5. The summed E-state index contributed by atoms with van der Waals surface area (Å²) in [5, 5.41) is 0. The minimum absolute atomic E-state index is 0.146. The van der Waals surface area contributed by atoms with Crippen molar-refractivity contribution in [1.82, 2.24) is 0 Å². The molecule has 4 heteroatoms. The number of carbonyl (C=O) groups is 1. The van der Waals surface area contributed by atoms with Crippen LogP contribution in [0.15, 0.2) is 28.7 Å². The van der Waals surface area contributed by atoms with Crippen LogP contribution in [0.4, 0.5) is 0 Å². The summed E-state index contributed by atoms with van der Waals surface area (Å²) in [6, 6.07) is 7.11. The minimum atomic E-state index is -0.532. The molecule has 1 aromatic rings. The van der Waals surface area contributed by atoms with E-state index in [0.29, 0.717) is 0 Å². The third-order valence-corrected chi connectivity index (χ3v) is 3.35. The molecule has 2 N–H and O–H groups in total. The summed E-state index contributed by atoms with van der Waals surface area (Å²) in [6.07, 6.45) is 0.870. The molecule has 0 fully saturated rings. The largest absolute Gasteiger partial charge is 0.460 e. The highest BCUT2D eigenvalue weighted by Crippen LogP contribution is 2.12. The Morgan fingerprint density at radius 2 is 2.00 bits per heavy atom. The van der Waals surface area contributed by atoms with Crippen molar-refractivity contribution in [2.24, 2.45) is 11.7 Å². The number of benzene rings is 1. The van der Waals surface area contributed by atoms with Crippen LogP contribution in [0.3, 0.4) is 0 Å². The van der Waals surface area contributed by atoms with Crippen LogP contribution in [-0.4, -0.2) is 12.0 Å². The van der Waals surface area contributed by atoms with Gasteiger partial charge in [0.1, 0.15) is 12.6 Å². The average Bonchev–Trinajstić information content (AvgIpc) is 2.35. The second-order valence-electron chi connectivity index (χ2n) is 4.15. The van der Waals surface area contributed by atoms with Crippen molar-refractivity contribution in [3.8, 4) is 0 Å². The van der Waals surface area contributed by atoms with Gasteiger partial charge in [-0.05, 0) is 23.6 Å². The van der Waals surface area contributed by atoms with E-state index >= 15 is 0 Å². The van der Waals surface area contributed by atoms with Crippen LogP contribution >= 0.6 is 15.9 Å². The molecular formula is C13H18BrNO2. The van der Waals surface area contributed by atoms with Crippen molar-refractivity contribution in [1.29, 1.82) is 0 Å². The number of nitrogens with two attached hydrogens (primary N) is 1. The second-order valence-corrected chi connectivity index (χ2v) is 5.06. The fourth-order valence-corrected chi connectivity index (χ4v) is 1.58. The molecule has 0 aliphatic carbocycles. The maximum absolute atomic E-state index is 11.6. The Morgan fingerprint density at radius 1 is 1.41 bits per heavy atom. The van der Waals surface area contributed by atoms with E-state index in [1.54, 1.807) is 0 Å². The van der Waals surface area contributed by atoms with Gasteiger partial charge in [-0.2, -0.15) is 0 Å². The van der Waals surface area contributed by atoms with Gasteiger partial charge in [-0.15, -0.1) is 0 Å². The van der Waals surface area contributed by atoms with Gasteiger partial charge in [0.15, 0.2) is 0 Å². The van der Waals surface area contributed by atoms with E-state index in [-0.39, 0.29) is 18.5 Å². The summed E-state index contributed by atoms with van der Waals surface area (Å²) >= 11 is 3.35. The van der Waals surface area contributed by atoms with Crippen LogP contribution in [0.25, 0.3) is 0 Å². The maximum Gasteiger partial charge on any atom is 0.323 e. The van der Waals surface area contributed by atoms with E-state index in [1.165, 1.54) is 0 Å². The van der Waals surface area contributed by atoms with Crippen molar-refractivity contribution in [2.75, 3.05) is 0 Å². The summed E-state index contributed by atoms with van der Waals surface area (Å²) in [6.45, 7) is 4.23. The Morgan fingerprint density at radius 3 is 2.53 bits per heavy atom. The lowest BCUT2D eigenvalue weighted by Crippen LogP contribution is -2.37. The third-order valence-electron chi connectivity index (χ3n) is 2.82. The fraction of sp³-hybridized carbons (Fsp3) is 0.462. The molecule has 2 atom stereocenters. The van der Waals surface area contributed by atoms with E-state index in [4.69, 9.17) is 10.5 Å². The first-order valence-electron chi connectivity index (χ1n) is 5.71. The van der Waals surface area contributed by atoms with Gasteiger partial charge < -0.3 is 10.5 Å². The van der Waals surface area contributed by atoms with Gasteiger partial charge in [0.2, 0.25) is 0 Å². The highest BCUT2D eigenvalue weighted by atomic mass is 79.9. The Hall–Kier alpha value is -0.870. The van der Waals surface area contributed by atoms with Crippen LogP contribution in [0, 0.1) is 5.92 Å². The fourth-order valence-electron chi connectivity index (χ4n) is 1.32. The monoisotopic (exact) mass is 299 g/mol. The predicted molar refractivity (Wildman–Crippen MR) is 71.4 cm³/mol. The molecule has 0 heterocycles. The quantitative estimate of drug-likeness (QED) is 0.851. The van der Waals surface area contributed by atoms with Crippen LogP contribution in [-0.2, 0) is 16.1 Å². The molecule has 0 saturated heterocycles. The molecule has 1 rings (SSSR count). The van der Waals surface area contributed by atoms with Crippen LogP contribution in [0.2, 0.25) is 0 Å². The number of ether oxygens (including phenoxy) is 1. The Balaban J connectivity index is 2.45. The van der Waals surface area contributed by atoms with Gasteiger partial charge in [0.25, 0.3) is 0 Å². The number of carbonyl (C=O) groups excluding carboxylic acids is 1. The van der Waals surface area contributed by atoms with Crippen molar-refractivity contribution < 1.29 is 9.53 Å². The molecule has 0 aliphatic rings. The van der Waals surface area contributed by atoms with Crippen LogP contribution < -0.4 is 5.73 Å². The normalized spacial score (nSPS) is 14.1. The Kier molecular flexibility index (Phi) is 5.65. The molecule has 0 aromatic heterocycles. The van der Waals surface area contributed by atoms with E-state index in [1.807, 2.05) is 38.1 Å². The number of esters is 1. The smallest absolute Gasteiger partial charge is 0.323 e. The van der Waals surface area contributed by atoms with Crippen LogP contribution in [0.1, 0.15) is 25.8 Å². The molecule has 0 aliphatic heterocycles. The summed E-state index contributed by atoms with van der Waals surface area (Å²) < 4.78 is 6.18. The summed E-state index contributed by atoms with van der Waals surface area (Å²) in [7, 11) is 0. The molecule has 94 valence electrons. The standard InChI is InChI=1S/C13H18BrNO2/c1-3-9(2)12(15)13(16)17-8-10-4-6-11(14)7-5-10/h4-7,9,12H,3,8,15H2,1-2H3. The lowest BCUT2D eigenvalue weighted by molar-refractivity contribution is -0.147. The Bertz CT molecular complexity index is 364. The van der Waals surface area contributed by atoms with Gasteiger partial charge in [-0.1, -0.05) is 48.3 Å². The van der Waals surface area contributed by atoms with Crippen molar-refractivity contribution in [3.05, 3.63) is 34.3 Å². The topological polar surface area (TPSA) is 52.3 Å². The number of hydrogen-bond donors (Lipinski definition) is 1. The van der Waals surface area contributed by atoms with E-state index in [2.05, 4.69) is 15.9 Å². The molecule has 0 spiro atoms. The first-order valence-corrected chi connectivity index (χ1v) is 6.50. The molecule has 17 heavy (non-hydrogen) atoms. The summed E-state index contributed by atoms with van der Waals surface area (Å²) in [4.78, 5) is 11.6. The SMILES string of the molecule is CCC(C)C(N)C(=O)OCc1ccc(Br)cc1. The summed E-state index contributed by atoms with van der Waals surface area (Å²) in [5.41, 5.74) is 6.73. The summed E-state index contributed by atoms with van der Waals surface area (Å²) in [5.74, 6) is -0.185. The maximum atomic E-state index is 11.6. The molecular weight excluding hydrogens is 282 g/mol. The van der Waals surface area contributed by atoms with Crippen LogP contribution in [0.5, 0.6) is 0 Å². The lowest BCUT2D eigenvalue weighted by Gasteiger charge is -2.16. The highest BCUT2D eigenvalue weighted by Gasteiger charge is 2.20. The lowest BCUT2D eigenvalue weighted by atomic mass is 10.0. The third kappa shape index (κ3) is 4.48. The molecule has 1 aromatic carbocycles. The molecule has 0 amide bonds.